The van der Waals surface area contributed by atoms with Gasteiger partial charge in [-0.1, -0.05) is 67.9 Å². The second-order valence-electron chi connectivity index (χ2n) is 10.2. The summed E-state index contributed by atoms with van der Waals surface area (Å²) in [5.74, 6) is 2.08. The second-order valence-corrected chi connectivity index (χ2v) is 10.2. The summed E-state index contributed by atoms with van der Waals surface area (Å²) in [4.78, 5) is 10.1. The minimum atomic E-state index is 0.692. The van der Waals surface area contributed by atoms with Crippen LogP contribution in [0, 0.1) is 18.3 Å². The first-order chi connectivity index (χ1) is 19.1. The SMILES string of the molecule is CCCCc1nc2c(C)cc(-c3nc4ccccc4n3C)cc2n1Cc1ccc(-c2ccccc2C#N)cc1. The molecule has 0 bridgehead atoms. The molecule has 192 valence electrons. The molecule has 0 N–H and O–H groups in total. The number of rotatable bonds is 7. The number of nitrogens with zero attached hydrogens (tertiary/aromatic N) is 5. The van der Waals surface area contributed by atoms with Crippen LogP contribution in [0.3, 0.4) is 0 Å². The van der Waals surface area contributed by atoms with Crippen LogP contribution in [0.2, 0.25) is 0 Å². The molecular formula is C34H31N5. The van der Waals surface area contributed by atoms with Crippen molar-refractivity contribution in [2.45, 2.75) is 39.7 Å². The topological polar surface area (TPSA) is 59.4 Å². The summed E-state index contributed by atoms with van der Waals surface area (Å²) in [5, 5.41) is 9.53. The summed E-state index contributed by atoms with van der Waals surface area (Å²) in [6.45, 7) is 5.11. The first-order valence-corrected chi connectivity index (χ1v) is 13.6. The van der Waals surface area contributed by atoms with Crippen LogP contribution in [-0.4, -0.2) is 19.1 Å². The van der Waals surface area contributed by atoms with E-state index in [2.05, 4.69) is 90.7 Å². The quantitative estimate of drug-likeness (QED) is 0.220. The average Bonchev–Trinajstić information content (AvgIpc) is 3.50. The van der Waals surface area contributed by atoms with Crippen molar-refractivity contribution in [1.29, 1.82) is 5.26 Å². The average molecular weight is 510 g/mol. The van der Waals surface area contributed by atoms with E-state index in [0.717, 1.165) is 81.8 Å². The van der Waals surface area contributed by atoms with E-state index in [4.69, 9.17) is 9.97 Å². The van der Waals surface area contributed by atoms with E-state index in [1.165, 1.54) is 5.56 Å². The fourth-order valence-electron chi connectivity index (χ4n) is 5.48. The lowest BCUT2D eigenvalue weighted by molar-refractivity contribution is 0.690. The summed E-state index contributed by atoms with van der Waals surface area (Å²) < 4.78 is 4.55. The number of fused-ring (bicyclic) bond motifs is 2. The van der Waals surface area contributed by atoms with Crippen molar-refractivity contribution < 1.29 is 0 Å². The van der Waals surface area contributed by atoms with Crippen molar-refractivity contribution in [3.8, 4) is 28.6 Å². The zero-order chi connectivity index (χ0) is 26.9. The Kier molecular flexibility index (Phi) is 6.46. The van der Waals surface area contributed by atoms with Crippen LogP contribution >= 0.6 is 0 Å². The highest BCUT2D eigenvalue weighted by Gasteiger charge is 2.17. The summed E-state index contributed by atoms with van der Waals surface area (Å²) in [6.07, 6.45) is 3.17. The van der Waals surface area contributed by atoms with Gasteiger partial charge < -0.3 is 9.13 Å². The summed E-state index contributed by atoms with van der Waals surface area (Å²) in [6, 6.07) is 31.4. The van der Waals surface area contributed by atoms with E-state index in [1.54, 1.807) is 0 Å². The number of aromatic nitrogens is 4. The number of imidazole rings is 2. The van der Waals surface area contributed by atoms with Crippen molar-refractivity contribution in [1.82, 2.24) is 19.1 Å². The standard InChI is InChI=1S/C34H31N5/c1-4-5-14-32-37-33-23(2)19-27(34-36-29-12-8-9-13-30(29)38(34)3)20-31(33)39(32)22-24-15-17-25(18-16-24)28-11-7-6-10-26(28)21-35/h6-13,15-20H,4-5,14,22H2,1-3H3. The lowest BCUT2D eigenvalue weighted by atomic mass is 9.99. The largest absolute Gasteiger partial charge is 0.327 e. The van der Waals surface area contributed by atoms with Gasteiger partial charge >= 0.3 is 0 Å². The number of unbranched alkanes of at least 4 members (excludes halogenated alkanes) is 1. The van der Waals surface area contributed by atoms with Crippen molar-refractivity contribution in [2.75, 3.05) is 0 Å². The Balaban J connectivity index is 1.43. The molecule has 0 saturated heterocycles. The number of para-hydroxylation sites is 2. The van der Waals surface area contributed by atoms with Gasteiger partial charge in [0.05, 0.1) is 33.7 Å². The maximum atomic E-state index is 9.53. The van der Waals surface area contributed by atoms with Gasteiger partial charge in [0.2, 0.25) is 0 Å². The molecule has 0 spiro atoms. The molecule has 0 aliphatic heterocycles. The summed E-state index contributed by atoms with van der Waals surface area (Å²) in [7, 11) is 2.08. The molecule has 5 nitrogen and oxygen atoms in total. The molecule has 6 aromatic rings. The van der Waals surface area contributed by atoms with E-state index in [9.17, 15) is 5.26 Å². The first-order valence-electron chi connectivity index (χ1n) is 13.6. The third kappa shape index (κ3) is 4.49. The van der Waals surface area contributed by atoms with Crippen molar-refractivity contribution in [3.63, 3.8) is 0 Å². The molecule has 0 fully saturated rings. The van der Waals surface area contributed by atoms with E-state index >= 15 is 0 Å². The number of hydrogen-bond donors (Lipinski definition) is 0. The first kappa shape index (κ1) is 24.6. The maximum absolute atomic E-state index is 9.53. The molecule has 0 atom stereocenters. The van der Waals surface area contributed by atoms with Crippen LogP contribution < -0.4 is 0 Å². The summed E-state index contributed by atoms with van der Waals surface area (Å²) in [5.41, 5.74) is 10.5. The highest BCUT2D eigenvalue weighted by atomic mass is 15.1. The highest BCUT2D eigenvalue weighted by molar-refractivity contribution is 5.87. The molecule has 2 aromatic heterocycles. The monoisotopic (exact) mass is 509 g/mol. The third-order valence-electron chi connectivity index (χ3n) is 7.58. The Morgan fingerprint density at radius 2 is 1.62 bits per heavy atom. The third-order valence-corrected chi connectivity index (χ3v) is 7.58. The molecule has 6 rings (SSSR count). The van der Waals surface area contributed by atoms with Gasteiger partial charge in [-0.05, 0) is 65.9 Å². The molecule has 39 heavy (non-hydrogen) atoms. The Hall–Kier alpha value is -4.69. The van der Waals surface area contributed by atoms with Crippen LogP contribution in [0.4, 0.5) is 0 Å². The Morgan fingerprint density at radius 1 is 0.846 bits per heavy atom. The molecule has 2 heterocycles. The Morgan fingerprint density at radius 3 is 2.38 bits per heavy atom. The predicted octanol–water partition coefficient (Wildman–Crippen LogP) is 7.83. The minimum absolute atomic E-state index is 0.692. The van der Waals surface area contributed by atoms with Crippen molar-refractivity contribution in [2.24, 2.45) is 7.05 Å². The Labute approximate surface area is 229 Å². The van der Waals surface area contributed by atoms with Gasteiger partial charge in [-0.3, -0.25) is 0 Å². The fourth-order valence-corrected chi connectivity index (χ4v) is 5.48. The second kappa shape index (κ2) is 10.2. The molecule has 0 unspecified atom stereocenters. The van der Waals surface area contributed by atoms with Gasteiger partial charge in [0.1, 0.15) is 11.6 Å². The van der Waals surface area contributed by atoms with Gasteiger partial charge in [-0.25, -0.2) is 9.97 Å². The molecule has 0 aliphatic rings. The predicted molar refractivity (Wildman–Crippen MR) is 158 cm³/mol. The van der Waals surface area contributed by atoms with Gasteiger partial charge in [-0.15, -0.1) is 0 Å². The van der Waals surface area contributed by atoms with E-state index in [0.29, 0.717) is 5.56 Å². The summed E-state index contributed by atoms with van der Waals surface area (Å²) >= 11 is 0. The van der Waals surface area contributed by atoms with Gasteiger partial charge in [0, 0.05) is 25.6 Å². The normalized spacial score (nSPS) is 11.3. The number of hydrogen-bond acceptors (Lipinski definition) is 3. The molecular weight excluding hydrogens is 478 g/mol. The molecule has 0 amide bonds. The van der Waals surface area contributed by atoms with Crippen LogP contribution in [0.1, 0.15) is 42.3 Å². The van der Waals surface area contributed by atoms with Gasteiger partial charge in [-0.2, -0.15) is 5.26 Å². The van der Waals surface area contributed by atoms with E-state index in [-0.39, 0.29) is 0 Å². The minimum Gasteiger partial charge on any atom is -0.327 e. The number of benzene rings is 4. The van der Waals surface area contributed by atoms with E-state index in [1.807, 2.05) is 30.3 Å². The number of aryl methyl sites for hydroxylation is 3. The zero-order valence-corrected chi connectivity index (χ0v) is 22.6. The lowest BCUT2D eigenvalue weighted by Crippen LogP contribution is -2.05. The van der Waals surface area contributed by atoms with Crippen LogP contribution in [0.15, 0.2) is 84.9 Å². The highest BCUT2D eigenvalue weighted by Crippen LogP contribution is 2.31. The van der Waals surface area contributed by atoms with E-state index < -0.39 is 0 Å². The lowest BCUT2D eigenvalue weighted by Gasteiger charge is -2.12. The van der Waals surface area contributed by atoms with Gasteiger partial charge in [0.15, 0.2) is 0 Å². The maximum Gasteiger partial charge on any atom is 0.140 e. The van der Waals surface area contributed by atoms with Crippen LogP contribution in [0.5, 0.6) is 0 Å². The Bertz CT molecular complexity index is 1850. The number of nitriles is 1. The van der Waals surface area contributed by atoms with Crippen molar-refractivity contribution in [3.05, 3.63) is 107 Å². The molecule has 5 heteroatoms. The molecule has 0 saturated carbocycles. The molecule has 0 aliphatic carbocycles. The van der Waals surface area contributed by atoms with Crippen LogP contribution in [-0.2, 0) is 20.0 Å². The van der Waals surface area contributed by atoms with Crippen LogP contribution in [0.25, 0.3) is 44.6 Å². The molecule has 0 radical (unpaired) electrons. The smallest absolute Gasteiger partial charge is 0.140 e. The fraction of sp³-hybridized carbons (Fsp3) is 0.206. The van der Waals surface area contributed by atoms with Crippen molar-refractivity contribution >= 4 is 22.1 Å². The zero-order valence-electron chi connectivity index (χ0n) is 22.6. The van der Waals surface area contributed by atoms with Gasteiger partial charge in [0.25, 0.3) is 0 Å². The molecule has 4 aromatic carbocycles.